The first-order valence-electron chi connectivity index (χ1n) is 7.99. The van der Waals surface area contributed by atoms with Crippen LogP contribution in [0.1, 0.15) is 12.0 Å². The summed E-state index contributed by atoms with van der Waals surface area (Å²) >= 11 is 0. The van der Waals surface area contributed by atoms with Gasteiger partial charge in [0.25, 0.3) is 0 Å². The average molecular weight is 323 g/mol. The lowest BCUT2D eigenvalue weighted by Crippen LogP contribution is -2.22. The van der Waals surface area contributed by atoms with E-state index in [1.54, 1.807) is 0 Å². The Bertz CT molecular complexity index is 727. The van der Waals surface area contributed by atoms with E-state index >= 15 is 0 Å². The fourth-order valence-corrected chi connectivity index (χ4v) is 2.33. The van der Waals surface area contributed by atoms with Crippen molar-refractivity contribution in [3.05, 3.63) is 60.2 Å². The van der Waals surface area contributed by atoms with Gasteiger partial charge in [-0.25, -0.2) is 4.99 Å². The maximum absolute atomic E-state index is 5.93. The standard InChI is InChI=1S/C19H21N3O2/c20-19(21-11-4-8-15-6-2-1-3-7-15)22-16-9-10-17-18(14-16)24-13-5-12-23-17/h1-4,6-10,14H,5,11-13H2,(H3,20,21,22). The zero-order valence-electron chi connectivity index (χ0n) is 13.4. The van der Waals surface area contributed by atoms with Crippen LogP contribution < -0.4 is 20.5 Å². The van der Waals surface area contributed by atoms with Gasteiger partial charge in [-0.2, -0.15) is 0 Å². The normalized spacial score (nSPS) is 14.4. The lowest BCUT2D eigenvalue weighted by atomic mass is 10.2. The Morgan fingerprint density at radius 1 is 1.08 bits per heavy atom. The molecular weight excluding hydrogens is 302 g/mol. The molecule has 0 aromatic heterocycles. The van der Waals surface area contributed by atoms with E-state index in [1.165, 1.54) is 0 Å². The number of anilines is 1. The minimum Gasteiger partial charge on any atom is -0.490 e. The third-order valence-corrected chi connectivity index (χ3v) is 3.50. The van der Waals surface area contributed by atoms with Crippen LogP contribution in [0.2, 0.25) is 0 Å². The van der Waals surface area contributed by atoms with E-state index in [2.05, 4.69) is 10.3 Å². The number of ether oxygens (including phenoxy) is 2. The highest BCUT2D eigenvalue weighted by Gasteiger charge is 2.10. The minimum absolute atomic E-state index is 0.363. The summed E-state index contributed by atoms with van der Waals surface area (Å²) in [6.45, 7) is 1.85. The molecule has 0 aliphatic carbocycles. The van der Waals surface area contributed by atoms with Gasteiger partial charge in [0, 0.05) is 18.2 Å². The van der Waals surface area contributed by atoms with E-state index in [0.717, 1.165) is 29.2 Å². The molecule has 0 amide bonds. The summed E-state index contributed by atoms with van der Waals surface area (Å²) in [4.78, 5) is 4.29. The fraction of sp³-hybridized carbons (Fsp3) is 0.211. The van der Waals surface area contributed by atoms with Crippen molar-refractivity contribution in [2.75, 3.05) is 25.1 Å². The van der Waals surface area contributed by atoms with Crippen LogP contribution in [0.15, 0.2) is 59.6 Å². The lowest BCUT2D eigenvalue weighted by molar-refractivity contribution is 0.297. The summed E-state index contributed by atoms with van der Waals surface area (Å²) < 4.78 is 11.3. The van der Waals surface area contributed by atoms with Crippen LogP contribution in [-0.4, -0.2) is 25.7 Å². The first-order chi connectivity index (χ1) is 11.8. The van der Waals surface area contributed by atoms with E-state index in [-0.39, 0.29) is 0 Å². The Morgan fingerprint density at radius 2 is 1.88 bits per heavy atom. The number of aliphatic imine (C=N–C) groups is 1. The maximum Gasteiger partial charge on any atom is 0.193 e. The molecule has 0 saturated carbocycles. The second-order valence-corrected chi connectivity index (χ2v) is 5.38. The van der Waals surface area contributed by atoms with Gasteiger partial charge in [0.1, 0.15) is 0 Å². The van der Waals surface area contributed by atoms with Gasteiger partial charge in [-0.15, -0.1) is 0 Å². The lowest BCUT2D eigenvalue weighted by Gasteiger charge is -2.10. The number of hydrogen-bond donors (Lipinski definition) is 2. The molecule has 1 heterocycles. The van der Waals surface area contributed by atoms with Crippen LogP contribution in [0.4, 0.5) is 5.69 Å². The van der Waals surface area contributed by atoms with E-state index in [9.17, 15) is 0 Å². The van der Waals surface area contributed by atoms with Gasteiger partial charge in [0.05, 0.1) is 19.8 Å². The van der Waals surface area contributed by atoms with Crippen molar-refractivity contribution in [2.24, 2.45) is 10.7 Å². The number of fused-ring (bicyclic) bond motifs is 1. The molecule has 1 aliphatic rings. The summed E-state index contributed by atoms with van der Waals surface area (Å²) in [7, 11) is 0. The van der Waals surface area contributed by atoms with Gasteiger partial charge in [-0.05, 0) is 17.7 Å². The van der Waals surface area contributed by atoms with Crippen molar-refractivity contribution in [3.63, 3.8) is 0 Å². The fourth-order valence-electron chi connectivity index (χ4n) is 2.33. The molecule has 0 spiro atoms. The van der Waals surface area contributed by atoms with Crippen molar-refractivity contribution in [1.29, 1.82) is 0 Å². The van der Waals surface area contributed by atoms with E-state index < -0.39 is 0 Å². The first kappa shape index (κ1) is 15.9. The number of guanidine groups is 1. The molecule has 0 radical (unpaired) electrons. The monoisotopic (exact) mass is 323 g/mol. The Kier molecular flexibility index (Phi) is 5.35. The van der Waals surface area contributed by atoms with Crippen LogP contribution in [0.5, 0.6) is 11.5 Å². The highest BCUT2D eigenvalue weighted by atomic mass is 16.5. The second-order valence-electron chi connectivity index (χ2n) is 5.38. The summed E-state index contributed by atoms with van der Waals surface area (Å²) in [5, 5.41) is 3.07. The van der Waals surface area contributed by atoms with Gasteiger partial charge in [-0.3, -0.25) is 0 Å². The van der Waals surface area contributed by atoms with Crippen molar-refractivity contribution >= 4 is 17.7 Å². The first-order valence-corrected chi connectivity index (χ1v) is 7.99. The van der Waals surface area contributed by atoms with E-state index in [4.69, 9.17) is 15.2 Å². The quantitative estimate of drug-likeness (QED) is 0.669. The predicted molar refractivity (Wildman–Crippen MR) is 97.6 cm³/mol. The molecule has 2 aromatic carbocycles. The SMILES string of the molecule is NC(=NCC=Cc1ccccc1)Nc1ccc2c(c1)OCCCO2. The molecule has 3 rings (SSSR count). The molecular formula is C19H21N3O2. The number of nitrogens with one attached hydrogen (secondary N) is 1. The number of rotatable bonds is 4. The number of nitrogens with zero attached hydrogens (tertiary/aromatic N) is 1. The van der Waals surface area contributed by atoms with Gasteiger partial charge in [0.2, 0.25) is 0 Å². The smallest absolute Gasteiger partial charge is 0.193 e. The van der Waals surface area contributed by atoms with Gasteiger partial charge < -0.3 is 20.5 Å². The van der Waals surface area contributed by atoms with Crippen molar-refractivity contribution < 1.29 is 9.47 Å². The Balaban J connectivity index is 1.57. The van der Waals surface area contributed by atoms with Crippen molar-refractivity contribution in [2.45, 2.75) is 6.42 Å². The number of nitrogens with two attached hydrogens (primary N) is 1. The summed E-state index contributed by atoms with van der Waals surface area (Å²) in [5.74, 6) is 1.86. The number of benzene rings is 2. The zero-order valence-corrected chi connectivity index (χ0v) is 13.4. The van der Waals surface area contributed by atoms with Gasteiger partial charge >= 0.3 is 0 Å². The minimum atomic E-state index is 0.363. The molecule has 0 saturated heterocycles. The Morgan fingerprint density at radius 3 is 2.71 bits per heavy atom. The van der Waals surface area contributed by atoms with Crippen LogP contribution in [0.3, 0.4) is 0 Å². The Hall–Kier alpha value is -2.95. The Labute approximate surface area is 141 Å². The topological polar surface area (TPSA) is 68.9 Å². The predicted octanol–water partition coefficient (Wildman–Crippen LogP) is 3.29. The maximum atomic E-state index is 5.93. The molecule has 5 heteroatoms. The molecule has 5 nitrogen and oxygen atoms in total. The van der Waals surface area contributed by atoms with Crippen LogP contribution >= 0.6 is 0 Å². The van der Waals surface area contributed by atoms with E-state index in [0.29, 0.717) is 25.7 Å². The molecule has 0 bridgehead atoms. The molecule has 0 fully saturated rings. The summed E-state index contributed by atoms with van der Waals surface area (Å²) in [6, 6.07) is 15.7. The largest absolute Gasteiger partial charge is 0.490 e. The molecule has 24 heavy (non-hydrogen) atoms. The van der Waals surface area contributed by atoms with Crippen LogP contribution in [0, 0.1) is 0 Å². The van der Waals surface area contributed by atoms with Crippen molar-refractivity contribution in [3.8, 4) is 11.5 Å². The number of hydrogen-bond acceptors (Lipinski definition) is 3. The zero-order chi connectivity index (χ0) is 16.6. The third kappa shape index (κ3) is 4.52. The highest BCUT2D eigenvalue weighted by molar-refractivity contribution is 5.92. The third-order valence-electron chi connectivity index (χ3n) is 3.50. The average Bonchev–Trinajstić information content (AvgIpc) is 2.84. The summed E-state index contributed by atoms with van der Waals surface area (Å²) in [5.41, 5.74) is 7.89. The van der Waals surface area contributed by atoms with Crippen LogP contribution in [0.25, 0.3) is 6.08 Å². The molecule has 0 atom stereocenters. The highest BCUT2D eigenvalue weighted by Crippen LogP contribution is 2.32. The van der Waals surface area contributed by atoms with Gasteiger partial charge in [0.15, 0.2) is 17.5 Å². The molecule has 3 N–H and O–H groups in total. The van der Waals surface area contributed by atoms with E-state index in [1.807, 2.05) is 60.7 Å². The molecule has 2 aromatic rings. The summed E-state index contributed by atoms with van der Waals surface area (Å²) in [6.07, 6.45) is 4.87. The molecule has 0 unspecified atom stereocenters. The van der Waals surface area contributed by atoms with Gasteiger partial charge in [-0.1, -0.05) is 42.5 Å². The van der Waals surface area contributed by atoms with Crippen LogP contribution in [-0.2, 0) is 0 Å². The molecule has 1 aliphatic heterocycles. The van der Waals surface area contributed by atoms with Crippen molar-refractivity contribution in [1.82, 2.24) is 0 Å². The second kappa shape index (κ2) is 8.06. The molecule has 124 valence electrons.